The van der Waals surface area contributed by atoms with Gasteiger partial charge >= 0.3 is 0 Å². The standard InChI is InChI=1S/C9H9N3OS/c1-6(13)10-9-11-7-4-2-3-5-8(7)12-14-9/h2-5,12H,1H3,(H,10,11,13). The lowest BCUT2D eigenvalue weighted by Gasteiger charge is -2.15. The molecule has 0 unspecified atom stereocenters. The molecule has 72 valence electrons. The largest absolute Gasteiger partial charge is 0.321 e. The van der Waals surface area contributed by atoms with Crippen LogP contribution >= 0.6 is 11.9 Å². The van der Waals surface area contributed by atoms with Gasteiger partial charge in [-0.25, -0.2) is 4.99 Å². The molecule has 0 fully saturated rings. The number of carbonyl (C=O) groups is 1. The molecule has 0 aromatic heterocycles. The second-order valence-corrected chi connectivity index (χ2v) is 3.61. The molecule has 1 aliphatic rings. The monoisotopic (exact) mass is 207 g/mol. The van der Waals surface area contributed by atoms with Crippen molar-refractivity contribution in [2.45, 2.75) is 6.92 Å². The van der Waals surface area contributed by atoms with Crippen molar-refractivity contribution in [2.75, 3.05) is 4.72 Å². The minimum atomic E-state index is -0.113. The van der Waals surface area contributed by atoms with Crippen LogP contribution in [-0.2, 0) is 4.79 Å². The molecule has 14 heavy (non-hydrogen) atoms. The maximum Gasteiger partial charge on any atom is 0.222 e. The van der Waals surface area contributed by atoms with Gasteiger partial charge in [0.05, 0.1) is 11.4 Å². The Labute approximate surface area is 85.9 Å². The van der Waals surface area contributed by atoms with Gasteiger partial charge in [-0.05, 0) is 12.1 Å². The van der Waals surface area contributed by atoms with E-state index in [1.165, 1.54) is 18.9 Å². The second-order valence-electron chi connectivity index (χ2n) is 2.82. The number of carbonyl (C=O) groups excluding carboxylic acids is 1. The van der Waals surface area contributed by atoms with E-state index in [0.717, 1.165) is 11.4 Å². The van der Waals surface area contributed by atoms with Crippen LogP contribution in [0.4, 0.5) is 11.4 Å². The van der Waals surface area contributed by atoms with Crippen LogP contribution in [0, 0.1) is 0 Å². The van der Waals surface area contributed by atoms with Gasteiger partial charge in [0, 0.05) is 18.9 Å². The minimum Gasteiger partial charge on any atom is -0.321 e. The van der Waals surface area contributed by atoms with Gasteiger partial charge in [0.1, 0.15) is 0 Å². The SMILES string of the molecule is CC(=O)NC1=Nc2ccccc2NS1. The van der Waals surface area contributed by atoms with Crippen molar-refractivity contribution >= 4 is 34.4 Å². The fraction of sp³-hybridized carbons (Fsp3) is 0.111. The zero-order valence-electron chi connectivity index (χ0n) is 7.57. The van der Waals surface area contributed by atoms with Crippen molar-refractivity contribution in [1.29, 1.82) is 0 Å². The first kappa shape index (κ1) is 9.08. The molecule has 0 spiro atoms. The third-order valence-electron chi connectivity index (χ3n) is 1.67. The van der Waals surface area contributed by atoms with E-state index >= 15 is 0 Å². The van der Waals surface area contributed by atoms with Crippen molar-refractivity contribution in [1.82, 2.24) is 5.32 Å². The molecule has 0 aliphatic carbocycles. The minimum absolute atomic E-state index is 0.113. The highest BCUT2D eigenvalue weighted by Crippen LogP contribution is 2.31. The summed E-state index contributed by atoms with van der Waals surface area (Å²) in [6.07, 6.45) is 0. The maximum atomic E-state index is 10.8. The molecule has 1 aliphatic heterocycles. The number of nitrogens with one attached hydrogen (secondary N) is 2. The van der Waals surface area contributed by atoms with E-state index in [2.05, 4.69) is 15.0 Å². The van der Waals surface area contributed by atoms with Gasteiger partial charge in [-0.2, -0.15) is 0 Å². The topological polar surface area (TPSA) is 53.5 Å². The summed E-state index contributed by atoms with van der Waals surface area (Å²) in [4.78, 5) is 15.1. The molecular weight excluding hydrogens is 198 g/mol. The van der Waals surface area contributed by atoms with E-state index < -0.39 is 0 Å². The highest BCUT2D eigenvalue weighted by Gasteiger charge is 2.11. The zero-order valence-corrected chi connectivity index (χ0v) is 8.39. The average Bonchev–Trinajstić information content (AvgIpc) is 2.17. The van der Waals surface area contributed by atoms with Crippen molar-refractivity contribution in [2.24, 2.45) is 4.99 Å². The molecule has 2 rings (SSSR count). The maximum absolute atomic E-state index is 10.8. The van der Waals surface area contributed by atoms with Crippen LogP contribution in [-0.4, -0.2) is 11.1 Å². The summed E-state index contributed by atoms with van der Waals surface area (Å²) in [7, 11) is 0. The Morgan fingerprint density at radius 3 is 3.07 bits per heavy atom. The van der Waals surface area contributed by atoms with E-state index in [0.29, 0.717) is 5.17 Å². The predicted molar refractivity (Wildman–Crippen MR) is 58.6 cm³/mol. The van der Waals surface area contributed by atoms with Gasteiger partial charge in [0.15, 0.2) is 5.17 Å². The van der Waals surface area contributed by atoms with E-state index in [9.17, 15) is 4.79 Å². The first-order valence-corrected chi connectivity index (χ1v) is 4.95. The molecule has 1 amide bonds. The van der Waals surface area contributed by atoms with Crippen LogP contribution in [0.5, 0.6) is 0 Å². The van der Waals surface area contributed by atoms with Crippen LogP contribution in [0.15, 0.2) is 29.3 Å². The molecular formula is C9H9N3OS. The number of nitrogens with zero attached hydrogens (tertiary/aromatic N) is 1. The number of anilines is 1. The molecule has 0 bridgehead atoms. The van der Waals surface area contributed by atoms with Gasteiger partial charge < -0.3 is 10.0 Å². The van der Waals surface area contributed by atoms with E-state index in [-0.39, 0.29) is 5.91 Å². The number of benzene rings is 1. The fourth-order valence-corrected chi connectivity index (χ4v) is 1.82. The first-order chi connectivity index (χ1) is 6.75. The summed E-state index contributed by atoms with van der Waals surface area (Å²) in [5.74, 6) is -0.113. The van der Waals surface area contributed by atoms with Gasteiger partial charge in [-0.1, -0.05) is 12.1 Å². The van der Waals surface area contributed by atoms with Crippen LogP contribution in [0.25, 0.3) is 0 Å². The molecule has 0 atom stereocenters. The zero-order chi connectivity index (χ0) is 9.97. The normalized spacial score (nSPS) is 13.6. The molecule has 0 radical (unpaired) electrons. The van der Waals surface area contributed by atoms with E-state index in [4.69, 9.17) is 0 Å². The second kappa shape index (κ2) is 3.71. The Morgan fingerprint density at radius 1 is 1.50 bits per heavy atom. The Bertz CT molecular complexity index is 403. The molecule has 1 heterocycles. The molecule has 2 N–H and O–H groups in total. The lowest BCUT2D eigenvalue weighted by atomic mass is 10.3. The fourth-order valence-electron chi connectivity index (χ4n) is 1.10. The van der Waals surface area contributed by atoms with Crippen molar-refractivity contribution < 1.29 is 4.79 Å². The molecule has 0 saturated carbocycles. The Morgan fingerprint density at radius 2 is 2.29 bits per heavy atom. The van der Waals surface area contributed by atoms with Crippen LogP contribution in [0.1, 0.15) is 6.92 Å². The third-order valence-corrected chi connectivity index (χ3v) is 2.38. The predicted octanol–water partition coefficient (Wildman–Crippen LogP) is 1.88. The molecule has 0 saturated heterocycles. The Balaban J connectivity index is 2.26. The van der Waals surface area contributed by atoms with Gasteiger partial charge in [-0.15, -0.1) is 0 Å². The molecule has 1 aromatic rings. The average molecular weight is 207 g/mol. The third kappa shape index (κ3) is 1.88. The van der Waals surface area contributed by atoms with Crippen LogP contribution < -0.4 is 10.0 Å². The highest BCUT2D eigenvalue weighted by atomic mass is 32.2. The van der Waals surface area contributed by atoms with Crippen molar-refractivity contribution in [3.8, 4) is 0 Å². The number of rotatable bonds is 0. The summed E-state index contributed by atoms with van der Waals surface area (Å²) in [5, 5.41) is 3.21. The number of aliphatic imine (C=N–C) groups is 1. The van der Waals surface area contributed by atoms with E-state index in [1.807, 2.05) is 24.3 Å². The van der Waals surface area contributed by atoms with E-state index in [1.54, 1.807) is 0 Å². The van der Waals surface area contributed by atoms with Crippen LogP contribution in [0.3, 0.4) is 0 Å². The Hall–Kier alpha value is -1.49. The first-order valence-electron chi connectivity index (χ1n) is 4.14. The van der Waals surface area contributed by atoms with Crippen LogP contribution in [0.2, 0.25) is 0 Å². The van der Waals surface area contributed by atoms with Crippen molar-refractivity contribution in [3.63, 3.8) is 0 Å². The Kier molecular flexibility index (Phi) is 2.41. The number of amides is 1. The quantitative estimate of drug-likeness (QED) is 0.639. The van der Waals surface area contributed by atoms with Gasteiger partial charge in [0.25, 0.3) is 0 Å². The van der Waals surface area contributed by atoms with Crippen molar-refractivity contribution in [3.05, 3.63) is 24.3 Å². The lowest BCUT2D eigenvalue weighted by Crippen LogP contribution is -2.27. The summed E-state index contributed by atoms with van der Waals surface area (Å²) >= 11 is 1.30. The smallest absolute Gasteiger partial charge is 0.222 e. The van der Waals surface area contributed by atoms with Gasteiger partial charge in [-0.3, -0.25) is 4.79 Å². The summed E-state index contributed by atoms with van der Waals surface area (Å²) in [6.45, 7) is 1.46. The molecule has 5 heteroatoms. The summed E-state index contributed by atoms with van der Waals surface area (Å²) in [5.41, 5.74) is 1.81. The lowest BCUT2D eigenvalue weighted by molar-refractivity contribution is -0.117. The number of para-hydroxylation sites is 2. The number of hydrogen-bond donors (Lipinski definition) is 2. The summed E-state index contributed by atoms with van der Waals surface area (Å²) in [6, 6.07) is 7.68. The number of hydrogen-bond acceptors (Lipinski definition) is 4. The molecule has 1 aromatic carbocycles. The van der Waals surface area contributed by atoms with Gasteiger partial charge in [0.2, 0.25) is 5.91 Å². The number of amidine groups is 1. The number of fused-ring (bicyclic) bond motifs is 1. The summed E-state index contributed by atoms with van der Waals surface area (Å²) < 4.78 is 3.09. The molecule has 4 nitrogen and oxygen atoms in total. The highest BCUT2D eigenvalue weighted by molar-refractivity contribution is 8.15.